The van der Waals surface area contributed by atoms with Crippen LogP contribution in [-0.4, -0.2) is 8.07 Å². The zero-order chi connectivity index (χ0) is 17.5. The lowest BCUT2D eigenvalue weighted by Gasteiger charge is -2.19. The van der Waals surface area contributed by atoms with Crippen LogP contribution >= 0.6 is 11.3 Å². The third-order valence-corrected chi connectivity index (χ3v) is 10.7. The van der Waals surface area contributed by atoms with Gasteiger partial charge in [-0.1, -0.05) is 67.7 Å². The molecule has 0 nitrogen and oxygen atoms in total. The molecule has 0 N–H and O–H groups in total. The van der Waals surface area contributed by atoms with Gasteiger partial charge in [-0.15, -0.1) is 11.3 Å². The lowest BCUT2D eigenvalue weighted by Crippen LogP contribution is -2.49. The maximum Gasteiger partial charge on any atom is 0.113 e. The summed E-state index contributed by atoms with van der Waals surface area (Å²) in [7, 11) is -1.60. The van der Waals surface area contributed by atoms with E-state index in [9.17, 15) is 0 Å². The van der Waals surface area contributed by atoms with Crippen LogP contribution in [0.3, 0.4) is 0 Å². The van der Waals surface area contributed by atoms with E-state index in [0.717, 1.165) is 0 Å². The van der Waals surface area contributed by atoms with Crippen LogP contribution < -0.4 is 10.4 Å². The van der Waals surface area contributed by atoms with Crippen LogP contribution in [0.2, 0.25) is 13.1 Å². The molecule has 26 heavy (non-hydrogen) atoms. The fourth-order valence-corrected chi connectivity index (χ4v) is 8.96. The van der Waals surface area contributed by atoms with Gasteiger partial charge in [0.05, 0.1) is 0 Å². The molecule has 0 amide bonds. The number of benzene rings is 4. The van der Waals surface area contributed by atoms with E-state index >= 15 is 0 Å². The molecule has 124 valence electrons. The number of rotatable bonds is 0. The first kappa shape index (κ1) is 14.7. The van der Waals surface area contributed by atoms with E-state index in [0.29, 0.717) is 0 Å². The van der Waals surface area contributed by atoms with E-state index in [4.69, 9.17) is 0 Å². The molecule has 1 aliphatic heterocycles. The first-order valence-electron chi connectivity index (χ1n) is 9.13. The molecule has 0 radical (unpaired) electrons. The summed E-state index contributed by atoms with van der Waals surface area (Å²) in [6, 6.07) is 27.5. The molecule has 0 atom stereocenters. The van der Waals surface area contributed by atoms with E-state index < -0.39 is 8.07 Å². The Bertz CT molecular complexity index is 1360. The van der Waals surface area contributed by atoms with Gasteiger partial charge in [-0.25, -0.2) is 0 Å². The monoisotopic (exact) mass is 366 g/mol. The lowest BCUT2D eigenvalue weighted by molar-refractivity contribution is 1.73. The summed E-state index contributed by atoms with van der Waals surface area (Å²) in [5.74, 6) is 0. The molecule has 2 heterocycles. The molecular formula is C24H18SSi. The van der Waals surface area contributed by atoms with E-state index in [1.54, 1.807) is 10.4 Å². The Morgan fingerprint density at radius 3 is 2.38 bits per heavy atom. The molecule has 5 aromatic rings. The molecule has 0 unspecified atom stereocenters. The summed E-state index contributed by atoms with van der Waals surface area (Å²) < 4.78 is 2.77. The molecule has 6 rings (SSSR count). The maximum absolute atomic E-state index is 2.49. The summed E-state index contributed by atoms with van der Waals surface area (Å²) in [6.45, 7) is 4.98. The normalized spacial score (nSPS) is 14.8. The van der Waals surface area contributed by atoms with Crippen LogP contribution in [0.25, 0.3) is 42.1 Å². The van der Waals surface area contributed by atoms with E-state index in [-0.39, 0.29) is 0 Å². The molecule has 0 saturated heterocycles. The van der Waals surface area contributed by atoms with Crippen molar-refractivity contribution in [1.29, 1.82) is 0 Å². The van der Waals surface area contributed by atoms with Crippen molar-refractivity contribution >= 4 is 60.7 Å². The van der Waals surface area contributed by atoms with Gasteiger partial charge in [-0.3, -0.25) is 0 Å². The second-order valence-corrected chi connectivity index (χ2v) is 13.2. The number of hydrogen-bond acceptors (Lipinski definition) is 1. The highest BCUT2D eigenvalue weighted by molar-refractivity contribution is 7.26. The predicted octanol–water partition coefficient (Wildman–Crippen LogP) is 6.01. The average Bonchev–Trinajstić information content (AvgIpc) is 3.15. The number of hydrogen-bond donors (Lipinski definition) is 0. The highest BCUT2D eigenvalue weighted by atomic mass is 32.1. The molecule has 4 aromatic carbocycles. The summed E-state index contributed by atoms with van der Waals surface area (Å²) in [6.07, 6.45) is 0. The Kier molecular flexibility index (Phi) is 2.74. The highest BCUT2D eigenvalue weighted by Crippen LogP contribution is 2.40. The Balaban J connectivity index is 1.81. The van der Waals surface area contributed by atoms with E-state index in [2.05, 4.69) is 85.9 Å². The van der Waals surface area contributed by atoms with Gasteiger partial charge in [-0.2, -0.15) is 0 Å². The van der Waals surface area contributed by atoms with Gasteiger partial charge in [0.25, 0.3) is 0 Å². The lowest BCUT2D eigenvalue weighted by atomic mass is 9.98. The minimum atomic E-state index is -1.60. The summed E-state index contributed by atoms with van der Waals surface area (Å²) in [4.78, 5) is 0. The largest absolute Gasteiger partial charge is 0.135 e. The maximum atomic E-state index is 2.49. The topological polar surface area (TPSA) is 0 Å². The van der Waals surface area contributed by atoms with Crippen molar-refractivity contribution in [2.24, 2.45) is 0 Å². The van der Waals surface area contributed by atoms with Gasteiger partial charge >= 0.3 is 0 Å². The van der Waals surface area contributed by atoms with Crippen LogP contribution in [0.4, 0.5) is 0 Å². The van der Waals surface area contributed by atoms with Crippen molar-refractivity contribution in [2.75, 3.05) is 0 Å². The minimum Gasteiger partial charge on any atom is -0.135 e. The highest BCUT2D eigenvalue weighted by Gasteiger charge is 2.37. The third-order valence-electron chi connectivity index (χ3n) is 6.06. The van der Waals surface area contributed by atoms with E-state index in [1.165, 1.54) is 42.1 Å². The van der Waals surface area contributed by atoms with Gasteiger partial charge in [0.1, 0.15) is 8.07 Å². The first-order chi connectivity index (χ1) is 12.6. The van der Waals surface area contributed by atoms with Gasteiger partial charge in [-0.05, 0) is 50.5 Å². The van der Waals surface area contributed by atoms with Gasteiger partial charge in [0.15, 0.2) is 0 Å². The van der Waals surface area contributed by atoms with Crippen LogP contribution in [0.15, 0.2) is 72.8 Å². The quantitative estimate of drug-likeness (QED) is 0.294. The molecule has 0 saturated carbocycles. The molecule has 2 heteroatoms. The van der Waals surface area contributed by atoms with Crippen molar-refractivity contribution in [3.05, 3.63) is 72.8 Å². The number of thiophene rings is 1. The molecular weight excluding hydrogens is 348 g/mol. The van der Waals surface area contributed by atoms with Gasteiger partial charge in [0, 0.05) is 20.2 Å². The molecule has 1 aliphatic rings. The second-order valence-electron chi connectivity index (χ2n) is 7.83. The van der Waals surface area contributed by atoms with Crippen molar-refractivity contribution in [2.45, 2.75) is 13.1 Å². The van der Waals surface area contributed by atoms with Crippen LogP contribution in [0, 0.1) is 0 Å². The van der Waals surface area contributed by atoms with Gasteiger partial charge < -0.3 is 0 Å². The first-order valence-corrected chi connectivity index (χ1v) is 12.9. The van der Waals surface area contributed by atoms with Crippen molar-refractivity contribution in [3.8, 4) is 11.1 Å². The summed E-state index contributed by atoms with van der Waals surface area (Å²) in [5.41, 5.74) is 2.92. The summed E-state index contributed by atoms with van der Waals surface area (Å²) >= 11 is 1.90. The average molecular weight is 367 g/mol. The third kappa shape index (κ3) is 1.73. The van der Waals surface area contributed by atoms with Crippen LogP contribution in [0.5, 0.6) is 0 Å². The smallest absolute Gasteiger partial charge is 0.113 e. The fourth-order valence-electron chi connectivity index (χ4n) is 4.74. The number of fused-ring (bicyclic) bond motifs is 8. The van der Waals surface area contributed by atoms with Crippen molar-refractivity contribution < 1.29 is 0 Å². The van der Waals surface area contributed by atoms with Crippen molar-refractivity contribution in [3.63, 3.8) is 0 Å². The predicted molar refractivity (Wildman–Crippen MR) is 119 cm³/mol. The zero-order valence-electron chi connectivity index (χ0n) is 14.8. The Morgan fingerprint density at radius 1 is 0.654 bits per heavy atom. The molecule has 0 spiro atoms. The van der Waals surface area contributed by atoms with Crippen LogP contribution in [0.1, 0.15) is 0 Å². The molecule has 0 bridgehead atoms. The molecule has 1 aromatic heterocycles. The fraction of sp³-hybridized carbons (Fsp3) is 0.0833. The Labute approximate surface area is 157 Å². The zero-order valence-corrected chi connectivity index (χ0v) is 16.7. The Morgan fingerprint density at radius 2 is 1.46 bits per heavy atom. The van der Waals surface area contributed by atoms with Gasteiger partial charge in [0.2, 0.25) is 0 Å². The second kappa shape index (κ2) is 4.85. The SMILES string of the molecule is C[Si]1(C)c2ccccc2-c2cc3c(ccc4sc5ccccc5c43)cc21. The van der Waals surface area contributed by atoms with Crippen LogP contribution in [-0.2, 0) is 0 Å². The van der Waals surface area contributed by atoms with E-state index in [1.807, 2.05) is 11.3 Å². The Hall–Kier alpha value is -2.42. The minimum absolute atomic E-state index is 1.38. The molecule has 0 aliphatic carbocycles. The standard InChI is InChI=1S/C24H18SSi/c1-26(2)22-10-6-4-7-16(22)19-14-18-15(13-23(19)26)11-12-21-24(18)17-8-3-5-9-20(17)25-21/h3-14H,1-2H3. The molecule has 0 fully saturated rings. The van der Waals surface area contributed by atoms with Crippen molar-refractivity contribution in [1.82, 2.24) is 0 Å². The summed E-state index contributed by atoms with van der Waals surface area (Å²) in [5, 5.41) is 8.77.